The fourth-order valence-corrected chi connectivity index (χ4v) is 4.56. The van der Waals surface area contributed by atoms with Gasteiger partial charge in [-0.3, -0.25) is 9.79 Å². The molecule has 1 saturated heterocycles. The second kappa shape index (κ2) is 13.6. The van der Waals surface area contributed by atoms with Gasteiger partial charge in [0.15, 0.2) is 5.96 Å². The molecule has 1 heterocycles. The number of carbonyl (C=O) groups excluding carboxylic acids is 1. The molecule has 1 amide bonds. The summed E-state index contributed by atoms with van der Waals surface area (Å²) < 4.78 is 0. The largest absolute Gasteiger partial charge is 0.369 e. The van der Waals surface area contributed by atoms with Crippen LogP contribution in [0.3, 0.4) is 0 Å². The van der Waals surface area contributed by atoms with E-state index < -0.39 is 0 Å². The molecule has 4 N–H and O–H groups in total. The molecular formula is C27H39N5O. The number of guanidine groups is 1. The predicted octanol–water partition coefficient (Wildman–Crippen LogP) is 3.35. The quantitative estimate of drug-likeness (QED) is 0.279. The lowest BCUT2D eigenvalue weighted by molar-refractivity contribution is -0.123. The van der Waals surface area contributed by atoms with Crippen LogP contribution in [0.25, 0.3) is 0 Å². The summed E-state index contributed by atoms with van der Waals surface area (Å²) in [5.41, 5.74) is 8.10. The van der Waals surface area contributed by atoms with Crippen LogP contribution in [0.2, 0.25) is 0 Å². The zero-order chi connectivity index (χ0) is 23.3. The molecule has 0 spiro atoms. The van der Waals surface area contributed by atoms with Crippen LogP contribution in [0.5, 0.6) is 0 Å². The van der Waals surface area contributed by atoms with Gasteiger partial charge in [-0.05, 0) is 62.9 Å². The Bertz CT molecular complexity index is 808. The zero-order valence-corrected chi connectivity index (χ0v) is 19.9. The number of piperidine rings is 1. The van der Waals surface area contributed by atoms with Crippen LogP contribution in [-0.4, -0.2) is 56.5 Å². The first-order chi connectivity index (χ1) is 16.2. The van der Waals surface area contributed by atoms with Crippen molar-refractivity contribution in [1.29, 1.82) is 0 Å². The normalized spacial score (nSPS) is 15.5. The minimum Gasteiger partial charge on any atom is -0.369 e. The van der Waals surface area contributed by atoms with Gasteiger partial charge in [0.05, 0.1) is 0 Å². The molecule has 33 heavy (non-hydrogen) atoms. The molecule has 178 valence electrons. The first kappa shape index (κ1) is 24.8. The summed E-state index contributed by atoms with van der Waals surface area (Å²) >= 11 is 0. The molecule has 0 saturated carbocycles. The Morgan fingerprint density at radius 2 is 1.55 bits per heavy atom. The molecule has 1 aliphatic rings. The van der Waals surface area contributed by atoms with E-state index in [9.17, 15) is 4.79 Å². The monoisotopic (exact) mass is 449 g/mol. The van der Waals surface area contributed by atoms with Crippen LogP contribution in [0.15, 0.2) is 65.7 Å². The molecule has 0 aliphatic carbocycles. The number of hydrogen-bond donors (Lipinski definition) is 3. The fourth-order valence-electron chi connectivity index (χ4n) is 4.56. The third-order valence-electron chi connectivity index (χ3n) is 6.54. The highest BCUT2D eigenvalue weighted by molar-refractivity contribution is 5.79. The van der Waals surface area contributed by atoms with Gasteiger partial charge in [0.1, 0.15) is 0 Å². The van der Waals surface area contributed by atoms with Gasteiger partial charge in [0, 0.05) is 32.0 Å². The average molecular weight is 450 g/mol. The highest BCUT2D eigenvalue weighted by atomic mass is 16.1. The minimum atomic E-state index is -0.142. The van der Waals surface area contributed by atoms with Gasteiger partial charge in [0.25, 0.3) is 0 Å². The van der Waals surface area contributed by atoms with E-state index in [0.29, 0.717) is 5.92 Å². The number of amides is 1. The fraction of sp³-hybridized carbons (Fsp3) is 0.481. The van der Waals surface area contributed by atoms with Gasteiger partial charge in [-0.1, -0.05) is 60.7 Å². The highest BCUT2D eigenvalue weighted by Gasteiger charge is 2.22. The van der Waals surface area contributed by atoms with E-state index in [2.05, 4.69) is 81.2 Å². The predicted molar refractivity (Wildman–Crippen MR) is 136 cm³/mol. The lowest BCUT2D eigenvalue weighted by Gasteiger charge is -2.30. The molecule has 6 nitrogen and oxygen atoms in total. The molecule has 2 aromatic rings. The summed E-state index contributed by atoms with van der Waals surface area (Å²) in [5.74, 6) is 1.14. The number of nitrogens with two attached hydrogens (primary N) is 1. The van der Waals surface area contributed by atoms with Crippen LogP contribution >= 0.6 is 0 Å². The molecule has 3 rings (SSSR count). The summed E-state index contributed by atoms with van der Waals surface area (Å²) in [6.07, 6.45) is 5.02. The number of nitrogens with one attached hydrogen (secondary N) is 2. The first-order valence-electron chi connectivity index (χ1n) is 12.2. The van der Waals surface area contributed by atoms with Crippen LogP contribution in [0.1, 0.15) is 49.1 Å². The maximum Gasteiger partial charge on any atom is 0.220 e. The topological polar surface area (TPSA) is 82.8 Å². The lowest BCUT2D eigenvalue weighted by Crippen LogP contribution is -2.40. The number of hydrogen-bond acceptors (Lipinski definition) is 3. The standard InChI is InChI=1S/C27H39N5O/c1-29-27(30-17-8-9-19-32-20-15-24(16-21-32)26(28)33)31-18-14-25(22-10-4-2-5-11-22)23-12-6-3-7-13-23/h2-7,10-13,24-25H,8-9,14-21H2,1H3,(H2,28,33)(H2,29,30,31). The van der Waals surface area contributed by atoms with Crippen molar-refractivity contribution in [3.05, 3.63) is 71.8 Å². The maximum atomic E-state index is 11.3. The van der Waals surface area contributed by atoms with E-state index in [1.54, 1.807) is 0 Å². The second-order valence-electron chi connectivity index (χ2n) is 8.81. The second-order valence-corrected chi connectivity index (χ2v) is 8.81. The van der Waals surface area contributed by atoms with E-state index in [1.807, 2.05) is 7.05 Å². The van der Waals surface area contributed by atoms with Crippen LogP contribution in [0.4, 0.5) is 0 Å². The zero-order valence-electron chi connectivity index (χ0n) is 19.9. The Kier molecular flexibility index (Phi) is 10.2. The molecule has 1 fully saturated rings. The molecule has 0 radical (unpaired) electrons. The van der Waals surface area contributed by atoms with Crippen molar-refractivity contribution in [1.82, 2.24) is 15.5 Å². The average Bonchev–Trinajstić information content (AvgIpc) is 2.86. The maximum absolute atomic E-state index is 11.3. The van der Waals surface area contributed by atoms with E-state index in [-0.39, 0.29) is 11.8 Å². The Hall–Kier alpha value is -2.86. The van der Waals surface area contributed by atoms with Crippen molar-refractivity contribution in [3.63, 3.8) is 0 Å². The number of unbranched alkanes of at least 4 members (excludes halogenated alkanes) is 1. The molecule has 2 aromatic carbocycles. The summed E-state index contributed by atoms with van der Waals surface area (Å²) in [5, 5.41) is 6.92. The lowest BCUT2D eigenvalue weighted by atomic mass is 9.88. The number of nitrogens with zero attached hydrogens (tertiary/aromatic N) is 2. The summed E-state index contributed by atoms with van der Waals surface area (Å²) in [4.78, 5) is 18.1. The van der Waals surface area contributed by atoms with Gasteiger partial charge in [-0.15, -0.1) is 0 Å². The SMILES string of the molecule is CN=C(NCCCCN1CCC(C(N)=O)CC1)NCCC(c1ccccc1)c1ccccc1. The third-order valence-corrected chi connectivity index (χ3v) is 6.54. The molecular weight excluding hydrogens is 410 g/mol. The number of likely N-dealkylation sites (tertiary alicyclic amines) is 1. The van der Waals surface area contributed by atoms with Crippen molar-refractivity contribution in [2.24, 2.45) is 16.6 Å². The Balaban J connectivity index is 1.35. The van der Waals surface area contributed by atoms with Crippen molar-refractivity contribution >= 4 is 11.9 Å². The van der Waals surface area contributed by atoms with Crippen LogP contribution < -0.4 is 16.4 Å². The molecule has 0 unspecified atom stereocenters. The van der Waals surface area contributed by atoms with Crippen molar-refractivity contribution in [2.45, 2.75) is 38.0 Å². The van der Waals surface area contributed by atoms with Gasteiger partial charge in [-0.2, -0.15) is 0 Å². The molecule has 1 aliphatic heterocycles. The van der Waals surface area contributed by atoms with Gasteiger partial charge in [-0.25, -0.2) is 0 Å². The summed E-state index contributed by atoms with van der Waals surface area (Å²) in [7, 11) is 1.82. The molecule has 0 bridgehead atoms. The highest BCUT2D eigenvalue weighted by Crippen LogP contribution is 2.27. The number of aliphatic imine (C=N–C) groups is 1. The van der Waals surface area contributed by atoms with Gasteiger partial charge >= 0.3 is 0 Å². The molecule has 6 heteroatoms. The van der Waals surface area contributed by atoms with E-state index in [1.165, 1.54) is 11.1 Å². The smallest absolute Gasteiger partial charge is 0.220 e. The van der Waals surface area contributed by atoms with Crippen LogP contribution in [-0.2, 0) is 4.79 Å². The van der Waals surface area contributed by atoms with E-state index in [4.69, 9.17) is 5.73 Å². The minimum absolute atomic E-state index is 0.0701. The summed E-state index contributed by atoms with van der Waals surface area (Å²) in [6.45, 7) is 4.79. The molecule has 0 atom stereocenters. The first-order valence-corrected chi connectivity index (χ1v) is 12.2. The Morgan fingerprint density at radius 1 is 0.970 bits per heavy atom. The Labute approximate surface area is 198 Å². The van der Waals surface area contributed by atoms with Gasteiger partial charge < -0.3 is 21.3 Å². The van der Waals surface area contributed by atoms with Crippen molar-refractivity contribution in [2.75, 3.05) is 39.8 Å². The summed E-state index contributed by atoms with van der Waals surface area (Å²) in [6, 6.07) is 21.4. The molecule has 0 aromatic heterocycles. The van der Waals surface area contributed by atoms with Gasteiger partial charge in [0.2, 0.25) is 5.91 Å². The number of benzene rings is 2. The van der Waals surface area contributed by atoms with E-state index >= 15 is 0 Å². The van der Waals surface area contributed by atoms with Crippen molar-refractivity contribution in [3.8, 4) is 0 Å². The number of primary amides is 1. The van der Waals surface area contributed by atoms with Crippen LogP contribution in [0, 0.1) is 5.92 Å². The number of rotatable bonds is 11. The number of carbonyl (C=O) groups is 1. The van der Waals surface area contributed by atoms with E-state index in [0.717, 1.165) is 70.8 Å². The van der Waals surface area contributed by atoms with Crippen molar-refractivity contribution < 1.29 is 4.79 Å². The third kappa shape index (κ3) is 8.21. The Morgan fingerprint density at radius 3 is 2.09 bits per heavy atom.